The Morgan fingerprint density at radius 3 is 2.18 bits per heavy atom. The number of nitrogens with one attached hydrogen (secondary N) is 1. The first-order chi connectivity index (χ1) is 10.6. The molecule has 1 fully saturated rings. The molecule has 0 aromatic heterocycles. The van der Waals surface area contributed by atoms with Gasteiger partial charge in [-0.15, -0.1) is 0 Å². The van der Waals surface area contributed by atoms with E-state index in [0.717, 1.165) is 5.56 Å². The van der Waals surface area contributed by atoms with Crippen LogP contribution in [-0.2, 0) is 20.8 Å². The van der Waals surface area contributed by atoms with Gasteiger partial charge >= 0.3 is 0 Å². The fourth-order valence-corrected chi connectivity index (χ4v) is 2.40. The number of carbonyl (C=O) groups excluding carboxylic acids is 3. The van der Waals surface area contributed by atoms with Crippen LogP contribution in [0.3, 0.4) is 0 Å². The number of hydrogen-bond acceptors (Lipinski definition) is 3. The van der Waals surface area contributed by atoms with Gasteiger partial charge in [0.05, 0.1) is 13.0 Å². The van der Waals surface area contributed by atoms with Gasteiger partial charge in [-0.2, -0.15) is 0 Å². The van der Waals surface area contributed by atoms with Crippen LogP contribution in [0.1, 0.15) is 12.5 Å². The van der Waals surface area contributed by atoms with E-state index in [1.54, 1.807) is 9.80 Å². The van der Waals surface area contributed by atoms with Crippen molar-refractivity contribution in [1.29, 1.82) is 0 Å². The van der Waals surface area contributed by atoms with Crippen molar-refractivity contribution in [3.63, 3.8) is 0 Å². The van der Waals surface area contributed by atoms with E-state index in [-0.39, 0.29) is 30.7 Å². The average Bonchev–Trinajstić information content (AvgIpc) is 2.53. The SMILES string of the molecule is CC(=O)N1CCN(C(=O)CNC(=O)Cc2ccccc2)CC1. The lowest BCUT2D eigenvalue weighted by Crippen LogP contribution is -2.52. The van der Waals surface area contributed by atoms with Crippen molar-refractivity contribution in [3.8, 4) is 0 Å². The number of benzene rings is 1. The van der Waals surface area contributed by atoms with Crippen LogP contribution in [0.5, 0.6) is 0 Å². The zero-order valence-corrected chi connectivity index (χ0v) is 12.7. The normalized spacial score (nSPS) is 14.6. The minimum Gasteiger partial charge on any atom is -0.347 e. The fraction of sp³-hybridized carbons (Fsp3) is 0.438. The van der Waals surface area contributed by atoms with Crippen LogP contribution in [0.15, 0.2) is 30.3 Å². The molecule has 0 aliphatic carbocycles. The maximum Gasteiger partial charge on any atom is 0.242 e. The zero-order valence-electron chi connectivity index (χ0n) is 12.7. The van der Waals surface area contributed by atoms with Crippen molar-refractivity contribution < 1.29 is 14.4 Å². The van der Waals surface area contributed by atoms with Crippen LogP contribution < -0.4 is 5.32 Å². The molecule has 1 aromatic carbocycles. The third-order valence-electron chi connectivity index (χ3n) is 3.72. The average molecular weight is 303 g/mol. The minimum atomic E-state index is -0.165. The number of nitrogens with zero attached hydrogens (tertiary/aromatic N) is 2. The molecule has 0 radical (unpaired) electrons. The maximum absolute atomic E-state index is 12.0. The van der Waals surface area contributed by atoms with Crippen LogP contribution in [0.4, 0.5) is 0 Å². The third-order valence-corrected chi connectivity index (χ3v) is 3.72. The van der Waals surface area contributed by atoms with Gasteiger partial charge in [-0.05, 0) is 5.56 Å². The second-order valence-electron chi connectivity index (χ2n) is 5.33. The molecular formula is C16H21N3O3. The summed E-state index contributed by atoms with van der Waals surface area (Å²) in [6.07, 6.45) is 0.270. The van der Waals surface area contributed by atoms with E-state index in [0.29, 0.717) is 26.2 Å². The molecule has 1 aliphatic rings. The Morgan fingerprint density at radius 1 is 1.00 bits per heavy atom. The molecular weight excluding hydrogens is 282 g/mol. The smallest absolute Gasteiger partial charge is 0.242 e. The molecule has 1 saturated heterocycles. The summed E-state index contributed by atoms with van der Waals surface area (Å²) < 4.78 is 0. The molecule has 1 N–H and O–H groups in total. The third kappa shape index (κ3) is 4.58. The summed E-state index contributed by atoms with van der Waals surface area (Å²) in [5.74, 6) is -0.241. The zero-order chi connectivity index (χ0) is 15.9. The molecule has 1 heterocycles. The Bertz CT molecular complexity index is 537. The van der Waals surface area contributed by atoms with Gasteiger partial charge in [-0.3, -0.25) is 14.4 Å². The highest BCUT2D eigenvalue weighted by atomic mass is 16.2. The van der Waals surface area contributed by atoms with E-state index in [2.05, 4.69) is 5.32 Å². The van der Waals surface area contributed by atoms with Gasteiger partial charge in [0.25, 0.3) is 0 Å². The number of hydrogen-bond donors (Lipinski definition) is 1. The lowest BCUT2D eigenvalue weighted by atomic mass is 10.1. The molecule has 0 spiro atoms. The molecule has 0 saturated carbocycles. The van der Waals surface area contributed by atoms with Crippen molar-refractivity contribution in [2.75, 3.05) is 32.7 Å². The van der Waals surface area contributed by atoms with Gasteiger partial charge in [0, 0.05) is 33.1 Å². The first-order valence-electron chi connectivity index (χ1n) is 7.40. The molecule has 0 atom stereocenters. The highest BCUT2D eigenvalue weighted by Gasteiger charge is 2.22. The van der Waals surface area contributed by atoms with Crippen molar-refractivity contribution in [2.24, 2.45) is 0 Å². The summed E-state index contributed by atoms with van der Waals surface area (Å²) in [7, 11) is 0. The predicted molar refractivity (Wildman–Crippen MR) is 82.0 cm³/mol. The van der Waals surface area contributed by atoms with Crippen molar-refractivity contribution in [3.05, 3.63) is 35.9 Å². The second kappa shape index (κ2) is 7.59. The van der Waals surface area contributed by atoms with Crippen LogP contribution in [0.2, 0.25) is 0 Å². The summed E-state index contributed by atoms with van der Waals surface area (Å²) >= 11 is 0. The van der Waals surface area contributed by atoms with E-state index in [1.807, 2.05) is 30.3 Å². The molecule has 0 bridgehead atoms. The molecule has 2 rings (SSSR count). The Morgan fingerprint density at radius 2 is 1.59 bits per heavy atom. The van der Waals surface area contributed by atoms with Crippen LogP contribution in [-0.4, -0.2) is 60.2 Å². The highest BCUT2D eigenvalue weighted by molar-refractivity contribution is 5.86. The Labute approximate surface area is 130 Å². The van der Waals surface area contributed by atoms with Crippen molar-refractivity contribution in [2.45, 2.75) is 13.3 Å². The van der Waals surface area contributed by atoms with E-state index in [9.17, 15) is 14.4 Å². The van der Waals surface area contributed by atoms with Crippen LogP contribution in [0, 0.1) is 0 Å². The Kier molecular flexibility index (Phi) is 5.52. The molecule has 22 heavy (non-hydrogen) atoms. The number of rotatable bonds is 4. The summed E-state index contributed by atoms with van der Waals surface area (Å²) in [4.78, 5) is 38.5. The number of carbonyl (C=O) groups is 3. The molecule has 118 valence electrons. The molecule has 3 amide bonds. The summed E-state index contributed by atoms with van der Waals surface area (Å²) in [6, 6.07) is 9.40. The lowest BCUT2D eigenvalue weighted by molar-refractivity contribution is -0.138. The summed E-state index contributed by atoms with van der Waals surface area (Å²) in [5, 5.41) is 2.65. The first kappa shape index (κ1) is 16.0. The van der Waals surface area contributed by atoms with Gasteiger partial charge in [-0.1, -0.05) is 30.3 Å². The van der Waals surface area contributed by atoms with Crippen molar-refractivity contribution >= 4 is 17.7 Å². The molecule has 1 aliphatic heterocycles. The van der Waals surface area contributed by atoms with Crippen molar-refractivity contribution in [1.82, 2.24) is 15.1 Å². The van der Waals surface area contributed by atoms with E-state index in [1.165, 1.54) is 6.92 Å². The summed E-state index contributed by atoms with van der Waals surface area (Å²) in [5.41, 5.74) is 0.919. The first-order valence-corrected chi connectivity index (χ1v) is 7.40. The predicted octanol–water partition coefficient (Wildman–Crippen LogP) is 0.0360. The second-order valence-corrected chi connectivity index (χ2v) is 5.33. The standard InChI is InChI=1S/C16H21N3O3/c1-13(20)18-7-9-19(10-8-18)16(22)12-17-15(21)11-14-5-3-2-4-6-14/h2-6H,7-12H2,1H3,(H,17,21). The molecule has 6 heteroatoms. The highest BCUT2D eigenvalue weighted by Crippen LogP contribution is 2.02. The number of amides is 3. The largest absolute Gasteiger partial charge is 0.347 e. The topological polar surface area (TPSA) is 69.7 Å². The molecule has 1 aromatic rings. The van der Waals surface area contributed by atoms with Gasteiger partial charge in [-0.25, -0.2) is 0 Å². The van der Waals surface area contributed by atoms with Gasteiger partial charge < -0.3 is 15.1 Å². The quantitative estimate of drug-likeness (QED) is 0.853. The van der Waals surface area contributed by atoms with E-state index >= 15 is 0 Å². The van der Waals surface area contributed by atoms with E-state index in [4.69, 9.17) is 0 Å². The molecule has 0 unspecified atom stereocenters. The van der Waals surface area contributed by atoms with Gasteiger partial charge in [0.2, 0.25) is 17.7 Å². The fourth-order valence-electron chi connectivity index (χ4n) is 2.40. The minimum absolute atomic E-state index is 0.00569. The van der Waals surface area contributed by atoms with E-state index < -0.39 is 0 Å². The van der Waals surface area contributed by atoms with Crippen LogP contribution >= 0.6 is 0 Å². The summed E-state index contributed by atoms with van der Waals surface area (Å²) in [6.45, 7) is 3.69. The Balaban J connectivity index is 1.72. The van der Waals surface area contributed by atoms with Gasteiger partial charge in [0.15, 0.2) is 0 Å². The molecule has 6 nitrogen and oxygen atoms in total. The maximum atomic E-state index is 12.0. The van der Waals surface area contributed by atoms with Gasteiger partial charge in [0.1, 0.15) is 0 Å². The monoisotopic (exact) mass is 303 g/mol. The number of piperazine rings is 1. The van der Waals surface area contributed by atoms with Crippen LogP contribution in [0.25, 0.3) is 0 Å². The lowest BCUT2D eigenvalue weighted by Gasteiger charge is -2.34. The Hall–Kier alpha value is -2.37.